The van der Waals surface area contributed by atoms with E-state index in [9.17, 15) is 4.79 Å². The molecule has 5 rings (SSSR count). The smallest absolute Gasteiger partial charge is 0.168 e. The number of aryl methyl sites for hydroxylation is 1. The fourth-order valence-corrected chi connectivity index (χ4v) is 4.94. The highest BCUT2D eigenvalue weighted by Gasteiger charge is 2.32. The second-order valence-electron chi connectivity index (χ2n) is 9.43. The van der Waals surface area contributed by atoms with Gasteiger partial charge in [0.25, 0.3) is 0 Å². The number of benzene rings is 2. The normalized spacial score (nSPS) is 17.2. The first-order chi connectivity index (χ1) is 16.7. The van der Waals surface area contributed by atoms with Crippen LogP contribution in [0, 0.1) is 5.92 Å². The molecule has 3 aromatic rings. The van der Waals surface area contributed by atoms with Gasteiger partial charge in [-0.15, -0.1) is 0 Å². The van der Waals surface area contributed by atoms with Crippen LogP contribution >= 0.6 is 0 Å². The largest absolute Gasteiger partial charge is 0.495 e. The molecule has 0 spiro atoms. The molecule has 2 fully saturated rings. The average molecular weight is 462 g/mol. The standard InChI is InChI=1S/C28H35N3O3/c1-33-26-10-5-9-24-25(28(32)22-11-12-22)21-31(27(24)26)14-6-13-29-15-17-30(18-16-29)19-20-34-23-7-3-2-4-8-23/h2-5,7-10,21-22H,6,11-20H2,1H3. The first kappa shape index (κ1) is 22.9. The summed E-state index contributed by atoms with van der Waals surface area (Å²) in [5, 5.41) is 1.03. The van der Waals surface area contributed by atoms with Gasteiger partial charge in [-0.1, -0.05) is 30.3 Å². The van der Waals surface area contributed by atoms with E-state index in [-0.39, 0.29) is 5.92 Å². The van der Waals surface area contributed by atoms with Gasteiger partial charge in [0.05, 0.1) is 12.6 Å². The topological polar surface area (TPSA) is 46.9 Å². The van der Waals surface area contributed by atoms with Crippen molar-refractivity contribution in [2.75, 3.05) is 53.0 Å². The Balaban J connectivity index is 1.12. The number of hydrogen-bond acceptors (Lipinski definition) is 5. The molecule has 6 heteroatoms. The van der Waals surface area contributed by atoms with Crippen molar-refractivity contribution in [1.82, 2.24) is 14.4 Å². The van der Waals surface area contributed by atoms with Gasteiger partial charge in [-0.3, -0.25) is 9.69 Å². The number of carbonyl (C=O) groups is 1. The molecule has 2 aliphatic rings. The third-order valence-corrected chi connectivity index (χ3v) is 7.05. The first-order valence-corrected chi connectivity index (χ1v) is 12.6. The van der Waals surface area contributed by atoms with E-state index in [0.717, 1.165) is 99.6 Å². The minimum absolute atomic E-state index is 0.222. The number of methoxy groups -OCH3 is 1. The van der Waals surface area contributed by atoms with Crippen LogP contribution in [0.15, 0.2) is 54.7 Å². The van der Waals surface area contributed by atoms with Gasteiger partial charge in [0, 0.05) is 62.3 Å². The molecule has 1 aliphatic carbocycles. The molecule has 34 heavy (non-hydrogen) atoms. The number of ether oxygens (including phenoxy) is 2. The maximum Gasteiger partial charge on any atom is 0.168 e. The lowest BCUT2D eigenvalue weighted by Gasteiger charge is -2.34. The molecular weight excluding hydrogens is 426 g/mol. The molecule has 0 atom stereocenters. The maximum absolute atomic E-state index is 12.9. The Kier molecular flexibility index (Phi) is 7.16. The lowest BCUT2D eigenvalue weighted by molar-refractivity contribution is 0.0969. The molecule has 2 aromatic carbocycles. The van der Waals surface area contributed by atoms with Crippen molar-refractivity contribution < 1.29 is 14.3 Å². The molecule has 1 saturated heterocycles. The number of para-hydroxylation sites is 2. The van der Waals surface area contributed by atoms with Gasteiger partial charge in [-0.05, 0) is 44.0 Å². The first-order valence-electron chi connectivity index (χ1n) is 12.6. The SMILES string of the molecule is COc1cccc2c(C(=O)C3CC3)cn(CCCN3CCN(CCOc4ccccc4)CC3)c12. The van der Waals surface area contributed by atoms with Crippen LogP contribution in [0.1, 0.15) is 29.6 Å². The molecule has 2 heterocycles. The highest BCUT2D eigenvalue weighted by atomic mass is 16.5. The summed E-state index contributed by atoms with van der Waals surface area (Å²) in [7, 11) is 1.71. The van der Waals surface area contributed by atoms with Crippen molar-refractivity contribution in [3.63, 3.8) is 0 Å². The summed E-state index contributed by atoms with van der Waals surface area (Å²) < 4.78 is 13.7. The highest BCUT2D eigenvalue weighted by Crippen LogP contribution is 2.37. The Labute approximate surface area is 202 Å². The van der Waals surface area contributed by atoms with Gasteiger partial charge in [0.15, 0.2) is 5.78 Å². The van der Waals surface area contributed by atoms with Crippen LogP contribution in [0.2, 0.25) is 0 Å². The van der Waals surface area contributed by atoms with Crippen LogP contribution in [0.25, 0.3) is 10.9 Å². The monoisotopic (exact) mass is 461 g/mol. The van der Waals surface area contributed by atoms with E-state index in [1.807, 2.05) is 42.5 Å². The molecule has 0 radical (unpaired) electrons. The third-order valence-electron chi connectivity index (χ3n) is 7.05. The van der Waals surface area contributed by atoms with Crippen molar-refractivity contribution in [3.8, 4) is 11.5 Å². The number of rotatable bonds is 11. The van der Waals surface area contributed by atoms with Crippen LogP contribution in [0.3, 0.4) is 0 Å². The van der Waals surface area contributed by atoms with E-state index in [4.69, 9.17) is 9.47 Å². The molecule has 1 aliphatic heterocycles. The highest BCUT2D eigenvalue weighted by molar-refractivity contribution is 6.11. The number of aromatic nitrogens is 1. The van der Waals surface area contributed by atoms with Crippen LogP contribution in [-0.4, -0.2) is 73.1 Å². The summed E-state index contributed by atoms with van der Waals surface area (Å²) in [5.41, 5.74) is 1.92. The number of piperazine rings is 1. The Hall–Kier alpha value is -2.83. The lowest BCUT2D eigenvalue weighted by Crippen LogP contribution is -2.47. The van der Waals surface area contributed by atoms with Crippen molar-refractivity contribution in [2.24, 2.45) is 5.92 Å². The summed E-state index contributed by atoms with van der Waals surface area (Å²) in [5.74, 6) is 2.31. The van der Waals surface area contributed by atoms with E-state index in [2.05, 4.69) is 26.6 Å². The number of carbonyl (C=O) groups excluding carboxylic acids is 1. The fraction of sp³-hybridized carbons (Fsp3) is 0.464. The van der Waals surface area contributed by atoms with E-state index in [1.165, 1.54) is 0 Å². The molecule has 1 saturated carbocycles. The molecule has 0 N–H and O–H groups in total. The number of Topliss-reactive ketones (excluding diaryl/α,β-unsaturated/α-hetero) is 1. The van der Waals surface area contributed by atoms with Crippen LogP contribution in [-0.2, 0) is 6.54 Å². The second-order valence-corrected chi connectivity index (χ2v) is 9.43. The summed E-state index contributed by atoms with van der Waals surface area (Å²) in [4.78, 5) is 17.9. The van der Waals surface area contributed by atoms with Gasteiger partial charge >= 0.3 is 0 Å². The molecule has 0 bridgehead atoms. The van der Waals surface area contributed by atoms with Crippen LogP contribution in [0.4, 0.5) is 0 Å². The number of nitrogens with zero attached hydrogens (tertiary/aromatic N) is 3. The van der Waals surface area contributed by atoms with E-state index in [1.54, 1.807) is 7.11 Å². The van der Waals surface area contributed by atoms with Gasteiger partial charge < -0.3 is 18.9 Å². The van der Waals surface area contributed by atoms with Gasteiger partial charge in [-0.2, -0.15) is 0 Å². The Morgan fingerprint density at radius 1 is 0.912 bits per heavy atom. The minimum atomic E-state index is 0.222. The van der Waals surface area contributed by atoms with Gasteiger partial charge in [0.2, 0.25) is 0 Å². The number of ketones is 1. The zero-order valence-corrected chi connectivity index (χ0v) is 20.1. The Bertz CT molecular complexity index is 1100. The number of fused-ring (bicyclic) bond motifs is 1. The Morgan fingerprint density at radius 2 is 1.65 bits per heavy atom. The van der Waals surface area contributed by atoms with Crippen molar-refractivity contribution in [2.45, 2.75) is 25.8 Å². The van der Waals surface area contributed by atoms with Crippen molar-refractivity contribution in [1.29, 1.82) is 0 Å². The Morgan fingerprint density at radius 3 is 2.35 bits per heavy atom. The van der Waals surface area contributed by atoms with Crippen molar-refractivity contribution >= 4 is 16.7 Å². The second kappa shape index (κ2) is 10.6. The predicted octanol–water partition coefficient (Wildman–Crippen LogP) is 4.33. The van der Waals surface area contributed by atoms with E-state index >= 15 is 0 Å². The van der Waals surface area contributed by atoms with Gasteiger partial charge in [-0.25, -0.2) is 0 Å². The summed E-state index contributed by atoms with van der Waals surface area (Å²) >= 11 is 0. The molecule has 6 nitrogen and oxygen atoms in total. The fourth-order valence-electron chi connectivity index (χ4n) is 4.94. The quantitative estimate of drug-likeness (QED) is 0.398. The van der Waals surface area contributed by atoms with Gasteiger partial charge in [0.1, 0.15) is 18.1 Å². The van der Waals surface area contributed by atoms with Crippen LogP contribution < -0.4 is 9.47 Å². The van der Waals surface area contributed by atoms with E-state index < -0.39 is 0 Å². The zero-order chi connectivity index (χ0) is 23.3. The van der Waals surface area contributed by atoms with Crippen molar-refractivity contribution in [3.05, 3.63) is 60.3 Å². The predicted molar refractivity (Wildman–Crippen MR) is 135 cm³/mol. The molecule has 1 aromatic heterocycles. The molecule has 0 unspecified atom stereocenters. The third kappa shape index (κ3) is 5.29. The molecule has 180 valence electrons. The van der Waals surface area contributed by atoms with E-state index in [0.29, 0.717) is 5.78 Å². The number of hydrogen-bond donors (Lipinski definition) is 0. The lowest BCUT2D eigenvalue weighted by atomic mass is 10.1. The summed E-state index contributed by atoms with van der Waals surface area (Å²) in [6, 6.07) is 16.1. The minimum Gasteiger partial charge on any atom is -0.495 e. The molecular formula is C28H35N3O3. The average Bonchev–Trinajstić information content (AvgIpc) is 3.67. The maximum atomic E-state index is 12.9. The molecule has 0 amide bonds. The van der Waals surface area contributed by atoms with Crippen LogP contribution in [0.5, 0.6) is 11.5 Å². The summed E-state index contributed by atoms with van der Waals surface area (Å²) in [6.07, 6.45) is 5.17. The zero-order valence-electron chi connectivity index (χ0n) is 20.1. The summed E-state index contributed by atoms with van der Waals surface area (Å²) in [6.45, 7) is 8.00.